The molecule has 2 nitrogen and oxygen atoms in total. The monoisotopic (exact) mass is 312 g/mol. The third kappa shape index (κ3) is 3.63. The number of nitrogens with zero attached hydrogens (tertiary/aromatic N) is 1. The number of nitrogens with one attached hydrogen (secondary N) is 1. The molecule has 1 N–H and O–H groups in total. The fourth-order valence-corrected chi connectivity index (χ4v) is 4.07. The summed E-state index contributed by atoms with van der Waals surface area (Å²) in [5, 5.41) is 5.02. The van der Waals surface area contributed by atoms with Crippen LogP contribution < -0.4 is 10.2 Å². The molecule has 2 rings (SSSR count). The summed E-state index contributed by atoms with van der Waals surface area (Å²) < 4.78 is 0. The van der Waals surface area contributed by atoms with Crippen molar-refractivity contribution in [3.63, 3.8) is 0 Å². The van der Waals surface area contributed by atoms with Crippen LogP contribution in [-0.2, 0) is 6.54 Å². The van der Waals surface area contributed by atoms with Crippen molar-refractivity contribution in [2.75, 3.05) is 23.7 Å². The summed E-state index contributed by atoms with van der Waals surface area (Å²) in [5.74, 6) is 1.18. The van der Waals surface area contributed by atoms with E-state index in [0.29, 0.717) is 11.3 Å². The third-order valence-electron chi connectivity index (χ3n) is 3.98. The molecule has 1 aromatic carbocycles. The predicted molar refractivity (Wildman–Crippen MR) is 92.2 cm³/mol. The number of para-hydroxylation sites is 1. The Balaban J connectivity index is 2.24. The van der Waals surface area contributed by atoms with Gasteiger partial charge in [-0.15, -0.1) is 0 Å². The van der Waals surface area contributed by atoms with Gasteiger partial charge in [-0.25, -0.2) is 0 Å². The van der Waals surface area contributed by atoms with Crippen molar-refractivity contribution >= 4 is 29.1 Å². The van der Waals surface area contributed by atoms with Gasteiger partial charge in [-0.05, 0) is 31.5 Å². The third-order valence-corrected chi connectivity index (χ3v) is 5.63. The van der Waals surface area contributed by atoms with Crippen molar-refractivity contribution in [3.05, 3.63) is 28.8 Å². The lowest BCUT2D eigenvalue weighted by atomic mass is 10.1. The second kappa shape index (κ2) is 7.58. The molecule has 1 aliphatic heterocycles. The minimum atomic E-state index is 0.526. The Labute approximate surface area is 132 Å². The first-order chi connectivity index (χ1) is 9.65. The zero-order valence-corrected chi connectivity index (χ0v) is 14.2. The summed E-state index contributed by atoms with van der Waals surface area (Å²) in [4.78, 5) is 2.49. The van der Waals surface area contributed by atoms with Gasteiger partial charge in [-0.3, -0.25) is 0 Å². The maximum Gasteiger partial charge on any atom is 0.0643 e. The first kappa shape index (κ1) is 16.0. The summed E-state index contributed by atoms with van der Waals surface area (Å²) in [6.07, 6.45) is 1.16. The lowest BCUT2D eigenvalue weighted by Gasteiger charge is -2.40. The summed E-state index contributed by atoms with van der Waals surface area (Å²) in [6.45, 7) is 9.84. The van der Waals surface area contributed by atoms with Crippen LogP contribution in [0.5, 0.6) is 0 Å². The Morgan fingerprint density at radius 3 is 2.95 bits per heavy atom. The van der Waals surface area contributed by atoms with Crippen molar-refractivity contribution in [2.24, 2.45) is 0 Å². The Morgan fingerprint density at radius 1 is 1.40 bits per heavy atom. The standard InChI is InChI=1S/C16H25ClN2S/c1-4-8-18-11-14-6-5-7-15(17)16(14)19-9-10-20-13(3)12(19)2/h5-7,12-13,18H,4,8-11H2,1-3H3. The van der Waals surface area contributed by atoms with Gasteiger partial charge < -0.3 is 10.2 Å². The molecule has 0 saturated carbocycles. The minimum Gasteiger partial charge on any atom is -0.365 e. The molecule has 0 amide bonds. The largest absolute Gasteiger partial charge is 0.365 e. The lowest BCUT2D eigenvalue weighted by molar-refractivity contribution is 0.618. The Hall–Kier alpha value is -0.380. The van der Waals surface area contributed by atoms with Crippen LogP contribution in [0.3, 0.4) is 0 Å². The molecule has 1 saturated heterocycles. The van der Waals surface area contributed by atoms with E-state index in [9.17, 15) is 0 Å². The van der Waals surface area contributed by atoms with Gasteiger partial charge >= 0.3 is 0 Å². The van der Waals surface area contributed by atoms with Crippen molar-refractivity contribution in [1.82, 2.24) is 5.32 Å². The number of thioether (sulfide) groups is 1. The molecule has 1 fully saturated rings. The molecule has 2 atom stereocenters. The molecule has 0 aromatic heterocycles. The summed E-state index contributed by atoms with van der Waals surface area (Å²) in [5.41, 5.74) is 2.55. The van der Waals surface area contributed by atoms with Crippen LogP contribution in [-0.4, -0.2) is 30.1 Å². The predicted octanol–water partition coefficient (Wildman–Crippen LogP) is 4.17. The molecule has 0 aliphatic carbocycles. The normalized spacial score (nSPS) is 23.1. The summed E-state index contributed by atoms with van der Waals surface area (Å²) in [6, 6.07) is 6.79. The van der Waals surface area contributed by atoms with Gasteiger partial charge in [0, 0.05) is 30.1 Å². The van der Waals surface area contributed by atoms with E-state index < -0.39 is 0 Å². The van der Waals surface area contributed by atoms with Crippen LogP contribution in [0.2, 0.25) is 5.02 Å². The van der Waals surface area contributed by atoms with Crippen LogP contribution in [0.15, 0.2) is 18.2 Å². The van der Waals surface area contributed by atoms with E-state index in [1.165, 1.54) is 17.0 Å². The van der Waals surface area contributed by atoms with Gasteiger partial charge in [0.25, 0.3) is 0 Å². The molecule has 0 radical (unpaired) electrons. The smallest absolute Gasteiger partial charge is 0.0643 e. The van der Waals surface area contributed by atoms with Gasteiger partial charge in [0.2, 0.25) is 0 Å². The first-order valence-electron chi connectivity index (χ1n) is 7.51. The molecule has 2 unspecified atom stereocenters. The average Bonchev–Trinajstić information content (AvgIpc) is 2.43. The van der Waals surface area contributed by atoms with Crippen LogP contribution in [0, 0.1) is 0 Å². The van der Waals surface area contributed by atoms with Crippen LogP contribution in [0.4, 0.5) is 5.69 Å². The quantitative estimate of drug-likeness (QED) is 0.822. The van der Waals surface area contributed by atoms with E-state index in [1.54, 1.807) is 0 Å². The number of hydrogen-bond acceptors (Lipinski definition) is 3. The highest BCUT2D eigenvalue weighted by Gasteiger charge is 2.28. The van der Waals surface area contributed by atoms with Gasteiger partial charge in [-0.1, -0.05) is 37.6 Å². The zero-order valence-electron chi connectivity index (χ0n) is 12.7. The number of hydrogen-bond donors (Lipinski definition) is 1. The van der Waals surface area contributed by atoms with Crippen LogP contribution >= 0.6 is 23.4 Å². The van der Waals surface area contributed by atoms with Crippen LogP contribution in [0.1, 0.15) is 32.8 Å². The van der Waals surface area contributed by atoms with Crippen LogP contribution in [0.25, 0.3) is 0 Å². The van der Waals surface area contributed by atoms with Gasteiger partial charge in [-0.2, -0.15) is 11.8 Å². The van der Waals surface area contributed by atoms with Crippen molar-refractivity contribution in [2.45, 2.75) is 45.0 Å². The summed E-state index contributed by atoms with van der Waals surface area (Å²) >= 11 is 8.57. The van der Waals surface area contributed by atoms with E-state index >= 15 is 0 Å². The molecule has 1 heterocycles. The van der Waals surface area contributed by atoms with Crippen molar-refractivity contribution in [3.8, 4) is 0 Å². The second-order valence-electron chi connectivity index (χ2n) is 5.43. The first-order valence-corrected chi connectivity index (χ1v) is 8.94. The Bertz CT molecular complexity index is 438. The highest BCUT2D eigenvalue weighted by molar-refractivity contribution is 8.00. The minimum absolute atomic E-state index is 0.526. The van der Waals surface area contributed by atoms with E-state index in [4.69, 9.17) is 11.6 Å². The van der Waals surface area contributed by atoms with E-state index in [2.05, 4.69) is 54.9 Å². The molecular formula is C16H25ClN2S. The highest BCUT2D eigenvalue weighted by Crippen LogP contribution is 2.36. The van der Waals surface area contributed by atoms with Gasteiger partial charge in [0.15, 0.2) is 0 Å². The van der Waals surface area contributed by atoms with E-state index in [1.807, 2.05) is 6.07 Å². The van der Waals surface area contributed by atoms with Crippen molar-refractivity contribution in [1.29, 1.82) is 0 Å². The highest BCUT2D eigenvalue weighted by atomic mass is 35.5. The molecular weight excluding hydrogens is 288 g/mol. The number of rotatable bonds is 5. The topological polar surface area (TPSA) is 15.3 Å². The Morgan fingerprint density at radius 2 is 2.20 bits per heavy atom. The number of benzene rings is 1. The number of halogens is 1. The number of anilines is 1. The maximum atomic E-state index is 6.51. The second-order valence-corrected chi connectivity index (χ2v) is 7.33. The van der Waals surface area contributed by atoms with E-state index in [-0.39, 0.29) is 0 Å². The molecule has 20 heavy (non-hydrogen) atoms. The molecule has 112 valence electrons. The molecule has 4 heteroatoms. The van der Waals surface area contributed by atoms with Gasteiger partial charge in [0.1, 0.15) is 0 Å². The molecule has 0 bridgehead atoms. The average molecular weight is 313 g/mol. The van der Waals surface area contributed by atoms with Gasteiger partial charge in [0.05, 0.1) is 10.7 Å². The molecule has 1 aliphatic rings. The van der Waals surface area contributed by atoms with Crippen molar-refractivity contribution < 1.29 is 0 Å². The zero-order chi connectivity index (χ0) is 14.5. The fourth-order valence-electron chi connectivity index (χ4n) is 2.67. The molecule has 1 aromatic rings. The summed E-state index contributed by atoms with van der Waals surface area (Å²) in [7, 11) is 0. The van der Waals surface area contributed by atoms with E-state index in [0.717, 1.165) is 31.1 Å². The lowest BCUT2D eigenvalue weighted by Crippen LogP contribution is -2.45. The SMILES string of the molecule is CCCNCc1cccc(Cl)c1N1CCSC(C)C1C. The Kier molecular flexibility index (Phi) is 6.06. The fraction of sp³-hybridized carbons (Fsp3) is 0.625. The molecule has 0 spiro atoms. The maximum absolute atomic E-state index is 6.51.